The van der Waals surface area contributed by atoms with Gasteiger partial charge in [-0.2, -0.15) is 0 Å². The van der Waals surface area contributed by atoms with Gasteiger partial charge in [0, 0.05) is 5.02 Å². The van der Waals surface area contributed by atoms with Gasteiger partial charge in [0.2, 0.25) is 0 Å². The van der Waals surface area contributed by atoms with Gasteiger partial charge in [-0.25, -0.2) is 9.18 Å². The Bertz CT molecular complexity index is 521. The lowest BCUT2D eigenvalue weighted by molar-refractivity contribution is 0.0702. The van der Waals surface area contributed by atoms with Crippen LogP contribution in [0.3, 0.4) is 0 Å². The molecule has 2 aromatic rings. The number of hydrogen-bond acceptors (Lipinski definition) is 2. The van der Waals surface area contributed by atoms with Crippen LogP contribution in [0.5, 0.6) is 0 Å². The van der Waals surface area contributed by atoms with E-state index in [2.05, 4.69) is 0 Å². The molecule has 2 rings (SSSR count). The van der Waals surface area contributed by atoms with Crippen LogP contribution in [-0.2, 0) is 0 Å². The maximum atomic E-state index is 13.3. The van der Waals surface area contributed by atoms with Gasteiger partial charge < -0.3 is 5.11 Å². The molecule has 0 aliphatic rings. The summed E-state index contributed by atoms with van der Waals surface area (Å²) in [5.74, 6) is -1.54. The lowest BCUT2D eigenvalue weighted by Crippen LogP contribution is -1.89. The Kier molecular flexibility index (Phi) is 2.17. The Morgan fingerprint density at radius 3 is 2.79 bits per heavy atom. The van der Waals surface area contributed by atoms with E-state index in [4.69, 9.17) is 16.7 Å². The molecular formula is C9H4ClFO2S. The number of carboxylic acids is 1. The monoisotopic (exact) mass is 230 g/mol. The molecule has 0 unspecified atom stereocenters. The average molecular weight is 231 g/mol. The van der Waals surface area contributed by atoms with Crippen molar-refractivity contribution >= 4 is 39.0 Å². The number of fused-ring (bicyclic) bond motifs is 1. The molecule has 0 saturated heterocycles. The van der Waals surface area contributed by atoms with Crippen molar-refractivity contribution in [3.63, 3.8) is 0 Å². The van der Waals surface area contributed by atoms with Crippen molar-refractivity contribution in [1.82, 2.24) is 0 Å². The SMILES string of the molecule is O=C(O)c1cc2cc(Cl)cc(F)c2s1. The number of thiophene rings is 1. The number of aromatic carboxylic acids is 1. The number of carbonyl (C=O) groups is 1. The topological polar surface area (TPSA) is 37.3 Å². The second-order valence-electron chi connectivity index (χ2n) is 2.72. The van der Waals surface area contributed by atoms with E-state index in [-0.39, 0.29) is 9.90 Å². The van der Waals surface area contributed by atoms with E-state index in [1.807, 2.05) is 0 Å². The Balaban J connectivity index is 2.76. The molecule has 0 saturated carbocycles. The van der Waals surface area contributed by atoms with Gasteiger partial charge in [-0.1, -0.05) is 11.6 Å². The van der Waals surface area contributed by atoms with Crippen LogP contribution in [0.15, 0.2) is 18.2 Å². The highest BCUT2D eigenvalue weighted by atomic mass is 35.5. The first-order chi connectivity index (χ1) is 6.58. The molecule has 0 aliphatic carbocycles. The summed E-state index contributed by atoms with van der Waals surface area (Å²) in [6, 6.07) is 4.13. The lowest BCUT2D eigenvalue weighted by Gasteiger charge is -1.92. The molecule has 1 aromatic carbocycles. The first-order valence-electron chi connectivity index (χ1n) is 3.70. The number of carboxylic acid groups (broad SMARTS) is 1. The van der Waals surface area contributed by atoms with E-state index in [0.29, 0.717) is 10.1 Å². The van der Waals surface area contributed by atoms with Gasteiger partial charge in [-0.3, -0.25) is 0 Å². The summed E-state index contributed by atoms with van der Waals surface area (Å²) in [7, 11) is 0. The van der Waals surface area contributed by atoms with E-state index in [1.165, 1.54) is 12.1 Å². The molecule has 2 nitrogen and oxygen atoms in total. The van der Waals surface area contributed by atoms with Gasteiger partial charge in [0.05, 0.1) is 4.70 Å². The predicted octanol–water partition coefficient (Wildman–Crippen LogP) is 3.39. The van der Waals surface area contributed by atoms with Crippen molar-refractivity contribution in [2.24, 2.45) is 0 Å². The van der Waals surface area contributed by atoms with Crippen molar-refractivity contribution in [3.8, 4) is 0 Å². The van der Waals surface area contributed by atoms with Crippen molar-refractivity contribution in [3.05, 3.63) is 33.9 Å². The minimum absolute atomic E-state index is 0.112. The quantitative estimate of drug-likeness (QED) is 0.815. The summed E-state index contributed by atoms with van der Waals surface area (Å²) in [4.78, 5) is 10.7. The van der Waals surface area contributed by atoms with E-state index >= 15 is 0 Å². The Hall–Kier alpha value is -1.13. The molecule has 1 aromatic heterocycles. The van der Waals surface area contributed by atoms with Crippen molar-refractivity contribution in [1.29, 1.82) is 0 Å². The number of hydrogen-bond donors (Lipinski definition) is 1. The fourth-order valence-electron chi connectivity index (χ4n) is 1.18. The van der Waals surface area contributed by atoms with Crippen LogP contribution < -0.4 is 0 Å². The molecule has 0 radical (unpaired) electrons. The summed E-state index contributed by atoms with van der Waals surface area (Å²) in [5, 5.41) is 9.49. The normalized spacial score (nSPS) is 10.7. The van der Waals surface area contributed by atoms with Gasteiger partial charge in [-0.05, 0) is 23.6 Å². The zero-order valence-electron chi connectivity index (χ0n) is 6.75. The fourth-order valence-corrected chi connectivity index (χ4v) is 2.28. The minimum atomic E-state index is -1.05. The Morgan fingerprint density at radius 1 is 1.43 bits per heavy atom. The first-order valence-corrected chi connectivity index (χ1v) is 4.89. The first kappa shape index (κ1) is 9.43. The molecule has 0 aliphatic heterocycles. The van der Waals surface area contributed by atoms with Gasteiger partial charge in [0.25, 0.3) is 0 Å². The van der Waals surface area contributed by atoms with Crippen LogP contribution in [0.2, 0.25) is 5.02 Å². The molecule has 1 N–H and O–H groups in total. The summed E-state index contributed by atoms with van der Waals surface area (Å²) in [6.45, 7) is 0. The largest absolute Gasteiger partial charge is 0.477 e. The maximum Gasteiger partial charge on any atom is 0.345 e. The molecule has 0 spiro atoms. The third-order valence-electron chi connectivity index (χ3n) is 1.75. The number of rotatable bonds is 1. The van der Waals surface area contributed by atoms with E-state index in [9.17, 15) is 9.18 Å². The highest BCUT2D eigenvalue weighted by Gasteiger charge is 2.11. The highest BCUT2D eigenvalue weighted by Crippen LogP contribution is 2.30. The van der Waals surface area contributed by atoms with Crippen LogP contribution in [0.1, 0.15) is 9.67 Å². The van der Waals surface area contributed by atoms with Gasteiger partial charge >= 0.3 is 5.97 Å². The van der Waals surface area contributed by atoms with Crippen LogP contribution in [0, 0.1) is 5.82 Å². The summed E-state index contributed by atoms with van der Waals surface area (Å²) >= 11 is 6.54. The molecule has 0 fully saturated rings. The molecule has 14 heavy (non-hydrogen) atoms. The maximum absolute atomic E-state index is 13.3. The zero-order valence-corrected chi connectivity index (χ0v) is 8.32. The zero-order chi connectivity index (χ0) is 10.3. The van der Waals surface area contributed by atoms with E-state index in [0.717, 1.165) is 11.3 Å². The van der Waals surface area contributed by atoms with Crippen molar-refractivity contribution < 1.29 is 14.3 Å². The third kappa shape index (κ3) is 1.47. The Morgan fingerprint density at radius 2 is 2.14 bits per heavy atom. The predicted molar refractivity (Wildman–Crippen MR) is 53.8 cm³/mol. The molecule has 5 heteroatoms. The van der Waals surface area contributed by atoms with Crippen molar-refractivity contribution in [2.75, 3.05) is 0 Å². The second-order valence-corrected chi connectivity index (χ2v) is 4.21. The standard InChI is InChI=1S/C9H4ClFO2S/c10-5-1-4-2-7(9(12)13)14-8(4)6(11)3-5/h1-3H,(H,12,13). The Labute approximate surface area is 87.5 Å². The summed E-state index contributed by atoms with van der Waals surface area (Å²) in [6.07, 6.45) is 0. The number of halogens is 2. The minimum Gasteiger partial charge on any atom is -0.477 e. The van der Waals surface area contributed by atoms with Crippen LogP contribution in [-0.4, -0.2) is 11.1 Å². The third-order valence-corrected chi connectivity index (χ3v) is 3.11. The molecule has 0 bridgehead atoms. The molecule has 72 valence electrons. The highest BCUT2D eigenvalue weighted by molar-refractivity contribution is 7.20. The lowest BCUT2D eigenvalue weighted by atomic mass is 10.2. The van der Waals surface area contributed by atoms with E-state index in [1.54, 1.807) is 6.07 Å². The molecular weight excluding hydrogens is 227 g/mol. The van der Waals surface area contributed by atoms with Crippen LogP contribution in [0.4, 0.5) is 4.39 Å². The van der Waals surface area contributed by atoms with Crippen LogP contribution >= 0.6 is 22.9 Å². The van der Waals surface area contributed by atoms with Gasteiger partial charge in [0.1, 0.15) is 10.7 Å². The summed E-state index contributed by atoms with van der Waals surface area (Å²) < 4.78 is 13.6. The van der Waals surface area contributed by atoms with Gasteiger partial charge in [0.15, 0.2) is 0 Å². The smallest absolute Gasteiger partial charge is 0.345 e. The number of benzene rings is 1. The second kappa shape index (κ2) is 3.22. The average Bonchev–Trinajstić information content (AvgIpc) is 2.47. The van der Waals surface area contributed by atoms with E-state index < -0.39 is 11.8 Å². The summed E-state index contributed by atoms with van der Waals surface area (Å²) in [5.41, 5.74) is 0. The van der Waals surface area contributed by atoms with Crippen LogP contribution in [0.25, 0.3) is 10.1 Å². The molecule has 1 heterocycles. The molecule has 0 amide bonds. The fraction of sp³-hybridized carbons (Fsp3) is 0. The van der Waals surface area contributed by atoms with Gasteiger partial charge in [-0.15, -0.1) is 11.3 Å². The van der Waals surface area contributed by atoms with Crippen molar-refractivity contribution in [2.45, 2.75) is 0 Å². The molecule has 0 atom stereocenters.